The quantitative estimate of drug-likeness (QED) is 0.464. The van der Waals surface area contributed by atoms with Gasteiger partial charge in [0.1, 0.15) is 24.7 Å². The van der Waals surface area contributed by atoms with Crippen LogP contribution in [0.25, 0.3) is 11.1 Å². The third-order valence-electron chi connectivity index (χ3n) is 7.56. The lowest BCUT2D eigenvalue weighted by Crippen LogP contribution is -2.45. The molecule has 0 atom stereocenters. The number of esters is 2. The van der Waals surface area contributed by atoms with Crippen LogP contribution in [0, 0.1) is 5.41 Å². The van der Waals surface area contributed by atoms with Gasteiger partial charge < -0.3 is 23.7 Å². The minimum atomic E-state index is -0.638. The van der Waals surface area contributed by atoms with Gasteiger partial charge in [0, 0.05) is 11.1 Å². The standard InChI is InChI=1S/C28H32O7/c1-31-23-12-11-21(18-9-10-22-19(15-18)16-33-26(22)29)24(25(23)32-2)34-17-28(13-6-14-28)27(30)35-20-7-4-3-5-8-20/h9-12,15,20H,3-8,13-14,16-17H2,1-2H3. The van der Waals surface area contributed by atoms with Gasteiger partial charge in [0.25, 0.3) is 0 Å². The molecule has 0 saturated heterocycles. The van der Waals surface area contributed by atoms with E-state index in [1.807, 2.05) is 24.3 Å². The maximum Gasteiger partial charge on any atom is 0.338 e. The van der Waals surface area contributed by atoms with Gasteiger partial charge in [-0.15, -0.1) is 0 Å². The van der Waals surface area contributed by atoms with Crippen LogP contribution < -0.4 is 14.2 Å². The van der Waals surface area contributed by atoms with Crippen molar-refractivity contribution in [1.82, 2.24) is 0 Å². The summed E-state index contributed by atoms with van der Waals surface area (Å²) in [7, 11) is 3.15. The molecule has 5 rings (SSSR count). The first kappa shape index (κ1) is 23.5. The molecule has 2 fully saturated rings. The summed E-state index contributed by atoms with van der Waals surface area (Å²) < 4.78 is 28.7. The monoisotopic (exact) mass is 480 g/mol. The van der Waals surface area contributed by atoms with Crippen molar-refractivity contribution in [2.24, 2.45) is 5.41 Å². The van der Waals surface area contributed by atoms with E-state index in [9.17, 15) is 9.59 Å². The van der Waals surface area contributed by atoms with Crippen LogP contribution in [0.2, 0.25) is 0 Å². The predicted octanol–water partition coefficient (Wildman–Crippen LogP) is 5.47. The van der Waals surface area contributed by atoms with Crippen LogP contribution in [0.15, 0.2) is 30.3 Å². The van der Waals surface area contributed by atoms with Crippen molar-refractivity contribution < 1.29 is 33.3 Å². The van der Waals surface area contributed by atoms with Crippen molar-refractivity contribution in [3.8, 4) is 28.4 Å². The van der Waals surface area contributed by atoms with Gasteiger partial charge in [-0.3, -0.25) is 4.79 Å². The Morgan fingerprint density at radius 2 is 1.74 bits per heavy atom. The number of hydrogen-bond donors (Lipinski definition) is 0. The van der Waals surface area contributed by atoms with Crippen molar-refractivity contribution in [1.29, 1.82) is 0 Å². The lowest BCUT2D eigenvalue weighted by atomic mass is 9.69. The van der Waals surface area contributed by atoms with Crippen molar-refractivity contribution in [3.63, 3.8) is 0 Å². The van der Waals surface area contributed by atoms with Crippen LogP contribution in [0.1, 0.15) is 67.3 Å². The zero-order valence-corrected chi connectivity index (χ0v) is 20.4. The van der Waals surface area contributed by atoms with E-state index in [0.717, 1.165) is 61.6 Å². The largest absolute Gasteiger partial charge is 0.493 e. The highest BCUT2D eigenvalue weighted by Gasteiger charge is 2.47. The van der Waals surface area contributed by atoms with E-state index in [4.69, 9.17) is 23.7 Å². The fourth-order valence-electron chi connectivity index (χ4n) is 5.25. The highest BCUT2D eigenvalue weighted by atomic mass is 16.6. The molecule has 3 aliphatic rings. The SMILES string of the molecule is COc1ccc(-c2ccc3c(c2)COC3=O)c(OCC2(C(=O)OC3CCCCC3)CCC2)c1OC. The molecule has 7 nitrogen and oxygen atoms in total. The Labute approximate surface area is 205 Å². The van der Waals surface area contributed by atoms with Crippen LogP contribution in [-0.2, 0) is 20.9 Å². The fourth-order valence-corrected chi connectivity index (χ4v) is 5.25. The van der Waals surface area contributed by atoms with E-state index in [1.54, 1.807) is 20.3 Å². The molecule has 186 valence electrons. The van der Waals surface area contributed by atoms with Gasteiger partial charge in [0.15, 0.2) is 11.5 Å². The molecule has 0 aromatic heterocycles. The smallest absolute Gasteiger partial charge is 0.338 e. The first-order valence-corrected chi connectivity index (χ1v) is 12.4. The number of rotatable bonds is 8. The lowest BCUT2D eigenvalue weighted by Gasteiger charge is -2.40. The number of methoxy groups -OCH3 is 2. The van der Waals surface area contributed by atoms with E-state index in [2.05, 4.69) is 0 Å². The molecular formula is C28H32O7. The Morgan fingerprint density at radius 1 is 0.971 bits per heavy atom. The summed E-state index contributed by atoms with van der Waals surface area (Å²) >= 11 is 0. The van der Waals surface area contributed by atoms with Gasteiger partial charge >= 0.3 is 11.9 Å². The number of ether oxygens (including phenoxy) is 5. The fraction of sp³-hybridized carbons (Fsp3) is 0.500. The normalized spacial score (nSPS) is 18.7. The molecule has 7 heteroatoms. The van der Waals surface area contributed by atoms with Crippen molar-refractivity contribution in [3.05, 3.63) is 41.5 Å². The van der Waals surface area contributed by atoms with E-state index in [1.165, 1.54) is 6.42 Å². The number of cyclic esters (lactones) is 1. The van der Waals surface area contributed by atoms with Gasteiger partial charge in [-0.2, -0.15) is 0 Å². The van der Waals surface area contributed by atoms with E-state index in [-0.39, 0.29) is 31.3 Å². The molecule has 2 aromatic rings. The summed E-state index contributed by atoms with van der Waals surface area (Å²) in [6.07, 6.45) is 7.83. The molecule has 35 heavy (non-hydrogen) atoms. The predicted molar refractivity (Wildman–Crippen MR) is 129 cm³/mol. The topological polar surface area (TPSA) is 80.3 Å². The van der Waals surface area contributed by atoms with Crippen molar-refractivity contribution >= 4 is 11.9 Å². The Bertz CT molecular complexity index is 1110. The van der Waals surface area contributed by atoms with Gasteiger partial charge in [0.05, 0.1) is 19.8 Å². The van der Waals surface area contributed by atoms with Gasteiger partial charge in [0.2, 0.25) is 5.75 Å². The van der Waals surface area contributed by atoms with E-state index >= 15 is 0 Å². The molecule has 2 aliphatic carbocycles. The summed E-state index contributed by atoms with van der Waals surface area (Å²) in [6, 6.07) is 9.31. The summed E-state index contributed by atoms with van der Waals surface area (Å²) in [4.78, 5) is 25.1. The molecule has 1 heterocycles. The number of carbonyl (C=O) groups excluding carboxylic acids is 2. The second kappa shape index (κ2) is 9.80. The first-order chi connectivity index (χ1) is 17.0. The average Bonchev–Trinajstić information content (AvgIpc) is 3.23. The molecule has 0 radical (unpaired) electrons. The third-order valence-corrected chi connectivity index (χ3v) is 7.56. The van der Waals surface area contributed by atoms with Crippen LogP contribution in [-0.4, -0.2) is 38.9 Å². The Morgan fingerprint density at radius 3 is 2.43 bits per heavy atom. The summed E-state index contributed by atoms with van der Waals surface area (Å²) in [5.74, 6) is 1.06. The molecule has 2 aromatic carbocycles. The van der Waals surface area contributed by atoms with Gasteiger partial charge in [-0.05, 0) is 68.4 Å². The number of fused-ring (bicyclic) bond motifs is 1. The van der Waals surface area contributed by atoms with Gasteiger partial charge in [-0.25, -0.2) is 4.79 Å². The molecule has 0 amide bonds. The number of carbonyl (C=O) groups is 2. The van der Waals surface area contributed by atoms with Crippen LogP contribution in [0.3, 0.4) is 0 Å². The average molecular weight is 481 g/mol. The summed E-state index contributed by atoms with van der Waals surface area (Å²) in [5.41, 5.74) is 2.43. The molecular weight excluding hydrogens is 448 g/mol. The van der Waals surface area contributed by atoms with Crippen LogP contribution in [0.5, 0.6) is 17.2 Å². The Kier molecular flexibility index (Phi) is 6.58. The maximum absolute atomic E-state index is 13.2. The maximum atomic E-state index is 13.2. The molecule has 0 bridgehead atoms. The second-order valence-electron chi connectivity index (χ2n) is 9.71. The number of hydrogen-bond acceptors (Lipinski definition) is 7. The van der Waals surface area contributed by atoms with E-state index in [0.29, 0.717) is 22.8 Å². The Balaban J connectivity index is 1.43. The third kappa shape index (κ3) is 4.44. The lowest BCUT2D eigenvalue weighted by molar-refractivity contribution is -0.171. The van der Waals surface area contributed by atoms with Crippen LogP contribution in [0.4, 0.5) is 0 Å². The highest BCUT2D eigenvalue weighted by Crippen LogP contribution is 2.48. The number of benzene rings is 2. The minimum absolute atomic E-state index is 0.0204. The van der Waals surface area contributed by atoms with Crippen molar-refractivity contribution in [2.75, 3.05) is 20.8 Å². The second-order valence-corrected chi connectivity index (χ2v) is 9.71. The minimum Gasteiger partial charge on any atom is -0.493 e. The van der Waals surface area contributed by atoms with Crippen molar-refractivity contribution in [2.45, 2.75) is 64.1 Å². The zero-order valence-electron chi connectivity index (χ0n) is 20.4. The molecule has 0 N–H and O–H groups in total. The van der Waals surface area contributed by atoms with Crippen LogP contribution >= 0.6 is 0 Å². The highest BCUT2D eigenvalue weighted by molar-refractivity contribution is 5.94. The summed E-state index contributed by atoms with van der Waals surface area (Å²) in [5, 5.41) is 0. The van der Waals surface area contributed by atoms with Gasteiger partial charge in [-0.1, -0.05) is 18.9 Å². The van der Waals surface area contributed by atoms with E-state index < -0.39 is 5.41 Å². The Hall–Kier alpha value is -3.22. The zero-order chi connectivity index (χ0) is 24.4. The molecule has 0 unspecified atom stereocenters. The molecule has 2 saturated carbocycles. The summed E-state index contributed by atoms with van der Waals surface area (Å²) in [6.45, 7) is 0.462. The molecule has 1 aliphatic heterocycles. The first-order valence-electron chi connectivity index (χ1n) is 12.4. The molecule has 0 spiro atoms.